The topological polar surface area (TPSA) is 35.1 Å². The van der Waals surface area contributed by atoms with Crippen LogP contribution in [0.25, 0.3) is 0 Å². The molecule has 0 aromatic carbocycles. The van der Waals surface area contributed by atoms with Crippen LogP contribution in [0.4, 0.5) is 0 Å². The molecule has 0 aliphatic heterocycles. The smallest absolute Gasteiger partial charge is 0.330 e. The van der Waals surface area contributed by atoms with Gasteiger partial charge < -0.3 is 4.74 Å². The zero-order valence-corrected chi connectivity index (χ0v) is 10.6. The Kier molecular flexibility index (Phi) is 6.07. The fourth-order valence-corrected chi connectivity index (χ4v) is 1.48. The van der Waals surface area contributed by atoms with Crippen molar-refractivity contribution in [2.45, 2.75) is 39.8 Å². The van der Waals surface area contributed by atoms with Gasteiger partial charge in [0.05, 0.1) is 6.54 Å². The highest BCUT2D eigenvalue weighted by Crippen LogP contribution is 1.90. The molecule has 0 amide bonds. The number of carbonyl (C=O) groups excluding carboxylic acids is 1. The zero-order valence-electron chi connectivity index (χ0n) is 10.6. The second kappa shape index (κ2) is 7.65. The highest BCUT2D eigenvalue weighted by molar-refractivity contribution is 5.81. The summed E-state index contributed by atoms with van der Waals surface area (Å²) in [6.07, 6.45) is 11.6. The van der Waals surface area contributed by atoms with Gasteiger partial charge in [-0.1, -0.05) is 19.4 Å². The molecule has 0 atom stereocenters. The molecule has 0 fully saturated rings. The summed E-state index contributed by atoms with van der Waals surface area (Å²) in [6.45, 7) is 6.12. The number of hydrogen-bond donors (Lipinski definition) is 0. The maximum absolute atomic E-state index is 11.1. The average Bonchev–Trinajstić information content (AvgIpc) is 2.75. The minimum Gasteiger partial charge on any atom is -0.458 e. The Hall–Kier alpha value is -1.58. The quantitative estimate of drug-likeness (QED) is 0.411. The molecule has 1 heterocycles. The number of rotatable bonds is 7. The number of aromatic nitrogens is 2. The van der Waals surface area contributed by atoms with Gasteiger partial charge in [0.2, 0.25) is 6.33 Å². The van der Waals surface area contributed by atoms with E-state index in [0.29, 0.717) is 13.2 Å². The number of unbranched alkanes of at least 4 members (excludes halogenated alkanes) is 1. The second-order valence-electron chi connectivity index (χ2n) is 3.91. The van der Waals surface area contributed by atoms with Crippen molar-refractivity contribution in [3.05, 3.63) is 30.9 Å². The van der Waals surface area contributed by atoms with Crippen molar-refractivity contribution in [3.63, 3.8) is 0 Å². The van der Waals surface area contributed by atoms with Crippen LogP contribution in [0.1, 0.15) is 26.7 Å². The fourth-order valence-electron chi connectivity index (χ4n) is 1.48. The Labute approximate surface area is 103 Å². The van der Waals surface area contributed by atoms with Crippen molar-refractivity contribution in [2.75, 3.05) is 6.61 Å². The van der Waals surface area contributed by atoms with Crippen LogP contribution in [0.2, 0.25) is 0 Å². The summed E-state index contributed by atoms with van der Waals surface area (Å²) in [4.78, 5) is 11.1. The van der Waals surface area contributed by atoms with Gasteiger partial charge in [-0.25, -0.2) is 13.9 Å². The molecule has 0 bridgehead atoms. The van der Waals surface area contributed by atoms with E-state index in [1.54, 1.807) is 13.0 Å². The Bertz CT molecular complexity index is 369. The average molecular weight is 237 g/mol. The second-order valence-corrected chi connectivity index (χ2v) is 3.91. The molecule has 1 aromatic heterocycles. The zero-order chi connectivity index (χ0) is 12.5. The summed E-state index contributed by atoms with van der Waals surface area (Å²) in [5, 5.41) is 0. The number of imidazole rings is 1. The lowest BCUT2D eigenvalue weighted by molar-refractivity contribution is -0.696. The normalized spacial score (nSPS) is 10.9. The van der Waals surface area contributed by atoms with Gasteiger partial charge in [0.15, 0.2) is 0 Å². The maximum Gasteiger partial charge on any atom is 0.330 e. The molecule has 0 N–H and O–H groups in total. The first-order valence-corrected chi connectivity index (χ1v) is 6.10. The predicted octanol–water partition coefficient (Wildman–Crippen LogP) is 1.70. The summed E-state index contributed by atoms with van der Waals surface area (Å²) in [6, 6.07) is 0. The number of carbonyl (C=O) groups is 1. The maximum atomic E-state index is 11.1. The fraction of sp³-hybridized carbons (Fsp3) is 0.538. The highest BCUT2D eigenvalue weighted by Gasteiger charge is 2.04. The number of hydrogen-bond acceptors (Lipinski definition) is 2. The van der Waals surface area contributed by atoms with E-state index in [4.69, 9.17) is 4.74 Å². The molecule has 4 nitrogen and oxygen atoms in total. The number of nitrogens with zero attached hydrogens (tertiary/aromatic N) is 2. The van der Waals surface area contributed by atoms with Crippen molar-refractivity contribution in [1.82, 2.24) is 4.57 Å². The van der Waals surface area contributed by atoms with E-state index in [9.17, 15) is 4.79 Å². The molecule has 0 saturated heterocycles. The standard InChI is InChI=1S/C13H21N2O2/c1-3-5-7-14-8-9-15(12-14)10-11-17-13(16)6-4-2/h4,6,8-9,12H,3,5,7,10-11H2,1-2H3/q+1. The molecule has 1 aromatic rings. The van der Waals surface area contributed by atoms with Gasteiger partial charge in [-0.3, -0.25) is 0 Å². The van der Waals surface area contributed by atoms with Crippen LogP contribution in [0.15, 0.2) is 30.9 Å². The van der Waals surface area contributed by atoms with E-state index in [1.807, 2.05) is 23.3 Å². The van der Waals surface area contributed by atoms with Crippen molar-refractivity contribution in [3.8, 4) is 0 Å². The van der Waals surface area contributed by atoms with Gasteiger partial charge in [-0.15, -0.1) is 0 Å². The molecule has 0 saturated carbocycles. The Morgan fingerprint density at radius 1 is 1.53 bits per heavy atom. The monoisotopic (exact) mass is 237 g/mol. The Balaban J connectivity index is 2.27. The number of aryl methyl sites for hydroxylation is 1. The number of esters is 1. The molecule has 0 radical (unpaired) electrons. The van der Waals surface area contributed by atoms with E-state index in [0.717, 1.165) is 6.54 Å². The summed E-state index contributed by atoms with van der Waals surface area (Å²) < 4.78 is 9.20. The van der Waals surface area contributed by atoms with Crippen LogP contribution in [0, 0.1) is 0 Å². The lowest BCUT2D eigenvalue weighted by Gasteiger charge is -1.98. The molecule has 1 rings (SSSR count). The van der Waals surface area contributed by atoms with Crippen LogP contribution in [-0.4, -0.2) is 17.1 Å². The third-order valence-electron chi connectivity index (χ3n) is 2.41. The van der Waals surface area contributed by atoms with Crippen LogP contribution < -0.4 is 4.57 Å². The molecule has 0 aliphatic carbocycles. The van der Waals surface area contributed by atoms with Crippen LogP contribution >= 0.6 is 0 Å². The minimum atomic E-state index is -0.279. The van der Waals surface area contributed by atoms with E-state index in [1.165, 1.54) is 18.9 Å². The van der Waals surface area contributed by atoms with Gasteiger partial charge >= 0.3 is 5.97 Å². The molecule has 17 heavy (non-hydrogen) atoms. The SMILES string of the molecule is CC=CC(=O)OCCn1cc[n+](CCCC)c1. The van der Waals surface area contributed by atoms with Crippen LogP contribution in [-0.2, 0) is 22.6 Å². The van der Waals surface area contributed by atoms with Crippen LogP contribution in [0.3, 0.4) is 0 Å². The molecule has 94 valence electrons. The largest absolute Gasteiger partial charge is 0.458 e. The molecule has 0 aliphatic rings. The molecule has 4 heteroatoms. The van der Waals surface area contributed by atoms with Gasteiger partial charge in [-0.05, 0) is 13.3 Å². The highest BCUT2D eigenvalue weighted by atomic mass is 16.5. The first-order chi connectivity index (χ1) is 8.26. The molecule has 0 spiro atoms. The van der Waals surface area contributed by atoms with E-state index < -0.39 is 0 Å². The van der Waals surface area contributed by atoms with Crippen molar-refractivity contribution >= 4 is 5.97 Å². The number of allylic oxidation sites excluding steroid dienone is 1. The van der Waals surface area contributed by atoms with E-state index >= 15 is 0 Å². The van der Waals surface area contributed by atoms with E-state index in [-0.39, 0.29) is 5.97 Å². The molecule has 0 unspecified atom stereocenters. The van der Waals surface area contributed by atoms with Gasteiger partial charge in [0.25, 0.3) is 0 Å². The van der Waals surface area contributed by atoms with Crippen LogP contribution in [0.5, 0.6) is 0 Å². The third kappa shape index (κ3) is 5.33. The van der Waals surface area contributed by atoms with E-state index in [2.05, 4.69) is 11.5 Å². The summed E-state index contributed by atoms with van der Waals surface area (Å²) in [5.41, 5.74) is 0. The summed E-state index contributed by atoms with van der Waals surface area (Å²) in [7, 11) is 0. The first-order valence-electron chi connectivity index (χ1n) is 6.10. The predicted molar refractivity (Wildman–Crippen MR) is 65.3 cm³/mol. The Morgan fingerprint density at radius 3 is 3.06 bits per heavy atom. The van der Waals surface area contributed by atoms with Gasteiger partial charge in [-0.2, -0.15) is 0 Å². The van der Waals surface area contributed by atoms with Crippen molar-refractivity contribution in [2.24, 2.45) is 0 Å². The molecular formula is C13H21N2O2+. The first kappa shape index (κ1) is 13.5. The van der Waals surface area contributed by atoms with Gasteiger partial charge in [0, 0.05) is 6.08 Å². The molecular weight excluding hydrogens is 216 g/mol. The third-order valence-corrected chi connectivity index (χ3v) is 2.41. The lowest BCUT2D eigenvalue weighted by atomic mass is 10.3. The Morgan fingerprint density at radius 2 is 2.35 bits per heavy atom. The lowest BCUT2D eigenvalue weighted by Crippen LogP contribution is -2.30. The summed E-state index contributed by atoms with van der Waals surface area (Å²) >= 11 is 0. The minimum absolute atomic E-state index is 0.279. The van der Waals surface area contributed by atoms with Crippen molar-refractivity contribution < 1.29 is 14.1 Å². The van der Waals surface area contributed by atoms with Gasteiger partial charge in [0.1, 0.15) is 25.5 Å². The van der Waals surface area contributed by atoms with Crippen molar-refractivity contribution in [1.29, 1.82) is 0 Å². The summed E-state index contributed by atoms with van der Waals surface area (Å²) in [5.74, 6) is -0.279. The number of ether oxygens (including phenoxy) is 1.